The lowest BCUT2D eigenvalue weighted by atomic mass is 10.1. The lowest BCUT2D eigenvalue weighted by Crippen LogP contribution is -2.06. The number of hydrogen-bond acceptors (Lipinski definition) is 3. The fourth-order valence-corrected chi connectivity index (χ4v) is 1.73. The summed E-state index contributed by atoms with van der Waals surface area (Å²) >= 11 is 5.68. The van der Waals surface area contributed by atoms with E-state index in [1.807, 2.05) is 6.92 Å². The Morgan fingerprint density at radius 3 is 2.45 bits per heavy atom. The molecule has 0 unspecified atom stereocenters. The summed E-state index contributed by atoms with van der Waals surface area (Å²) in [5.41, 5.74) is 0.857. The molecule has 1 aromatic heterocycles. The predicted octanol–water partition coefficient (Wildman–Crippen LogP) is 4.07. The molecule has 0 amide bonds. The minimum Gasteiger partial charge on any atom is -0.366 e. The summed E-state index contributed by atoms with van der Waals surface area (Å²) in [4.78, 5) is 7.83. The van der Waals surface area contributed by atoms with Gasteiger partial charge in [-0.05, 0) is 36.2 Å². The van der Waals surface area contributed by atoms with Gasteiger partial charge in [0.05, 0.1) is 5.56 Å². The summed E-state index contributed by atoms with van der Waals surface area (Å²) in [6, 6.07) is 4.95. The molecule has 0 spiro atoms. The minimum absolute atomic E-state index is 0.116. The van der Waals surface area contributed by atoms with Crippen molar-refractivity contribution in [2.24, 2.45) is 0 Å². The van der Waals surface area contributed by atoms with Crippen LogP contribution in [-0.4, -0.2) is 9.97 Å². The van der Waals surface area contributed by atoms with Crippen molar-refractivity contribution in [3.05, 3.63) is 52.4 Å². The van der Waals surface area contributed by atoms with E-state index in [-0.39, 0.29) is 5.28 Å². The summed E-state index contributed by atoms with van der Waals surface area (Å²) in [7, 11) is 0. The molecule has 0 saturated heterocycles. The van der Waals surface area contributed by atoms with Gasteiger partial charge in [-0.1, -0.05) is 12.1 Å². The summed E-state index contributed by atoms with van der Waals surface area (Å²) in [5, 5.41) is 3.13. The number of rotatable bonds is 3. The largest absolute Gasteiger partial charge is 0.416 e. The van der Waals surface area contributed by atoms with Gasteiger partial charge in [-0.3, -0.25) is 0 Å². The van der Waals surface area contributed by atoms with Gasteiger partial charge in [0.2, 0.25) is 5.28 Å². The summed E-state index contributed by atoms with van der Waals surface area (Å²) in [5.74, 6) is 0.560. The molecule has 2 rings (SSSR count). The van der Waals surface area contributed by atoms with E-state index < -0.39 is 11.7 Å². The van der Waals surface area contributed by atoms with Gasteiger partial charge in [0.25, 0.3) is 0 Å². The SMILES string of the molecule is Cc1cnc(Cl)nc1NCc1ccc(C(F)(F)F)cc1. The number of alkyl halides is 3. The number of nitrogens with zero attached hydrogens (tertiary/aromatic N) is 2. The first-order valence-corrected chi connectivity index (χ1v) is 6.13. The van der Waals surface area contributed by atoms with Crippen LogP contribution in [0.4, 0.5) is 19.0 Å². The summed E-state index contributed by atoms with van der Waals surface area (Å²) in [6.45, 7) is 2.16. The lowest BCUT2D eigenvalue weighted by molar-refractivity contribution is -0.137. The Balaban J connectivity index is 2.06. The second-order valence-electron chi connectivity index (χ2n) is 4.22. The fraction of sp³-hybridized carbons (Fsp3) is 0.231. The third-order valence-corrected chi connectivity index (χ3v) is 2.87. The molecule has 0 atom stereocenters. The van der Waals surface area contributed by atoms with Crippen molar-refractivity contribution in [1.82, 2.24) is 9.97 Å². The molecule has 0 fully saturated rings. The van der Waals surface area contributed by atoms with Crippen LogP contribution < -0.4 is 5.32 Å². The fourth-order valence-electron chi connectivity index (χ4n) is 1.60. The van der Waals surface area contributed by atoms with Crippen LogP contribution in [0.1, 0.15) is 16.7 Å². The molecule has 20 heavy (non-hydrogen) atoms. The second-order valence-corrected chi connectivity index (χ2v) is 4.56. The van der Waals surface area contributed by atoms with Gasteiger partial charge in [-0.15, -0.1) is 0 Å². The summed E-state index contributed by atoms with van der Waals surface area (Å²) < 4.78 is 37.3. The molecule has 1 heterocycles. The van der Waals surface area contributed by atoms with Crippen molar-refractivity contribution in [1.29, 1.82) is 0 Å². The van der Waals surface area contributed by atoms with Crippen molar-refractivity contribution in [2.45, 2.75) is 19.6 Å². The zero-order valence-electron chi connectivity index (χ0n) is 10.5. The van der Waals surface area contributed by atoms with Crippen LogP contribution in [0, 0.1) is 6.92 Å². The van der Waals surface area contributed by atoms with E-state index in [0.29, 0.717) is 17.9 Å². The van der Waals surface area contributed by atoms with Gasteiger partial charge in [-0.25, -0.2) is 9.97 Å². The molecule has 0 aliphatic rings. The Labute approximate surface area is 118 Å². The molecule has 106 valence electrons. The van der Waals surface area contributed by atoms with E-state index in [1.54, 1.807) is 6.20 Å². The molecular formula is C13H11ClF3N3. The lowest BCUT2D eigenvalue weighted by Gasteiger charge is -2.10. The van der Waals surface area contributed by atoms with E-state index in [0.717, 1.165) is 17.7 Å². The zero-order chi connectivity index (χ0) is 14.8. The maximum absolute atomic E-state index is 12.4. The van der Waals surface area contributed by atoms with Crippen molar-refractivity contribution >= 4 is 17.4 Å². The van der Waals surface area contributed by atoms with Crippen molar-refractivity contribution < 1.29 is 13.2 Å². The van der Waals surface area contributed by atoms with Crippen molar-refractivity contribution in [2.75, 3.05) is 5.32 Å². The topological polar surface area (TPSA) is 37.8 Å². The maximum Gasteiger partial charge on any atom is 0.416 e. The van der Waals surface area contributed by atoms with Gasteiger partial charge in [0.15, 0.2) is 0 Å². The number of aryl methyl sites for hydroxylation is 1. The van der Waals surface area contributed by atoms with E-state index >= 15 is 0 Å². The highest BCUT2D eigenvalue weighted by Gasteiger charge is 2.29. The Kier molecular flexibility index (Phi) is 4.13. The van der Waals surface area contributed by atoms with Crippen LogP contribution in [-0.2, 0) is 12.7 Å². The molecule has 0 bridgehead atoms. The van der Waals surface area contributed by atoms with E-state index in [9.17, 15) is 13.2 Å². The van der Waals surface area contributed by atoms with Crippen LogP contribution >= 0.6 is 11.6 Å². The highest BCUT2D eigenvalue weighted by atomic mass is 35.5. The molecule has 0 radical (unpaired) electrons. The Bertz CT molecular complexity index is 597. The number of hydrogen-bond donors (Lipinski definition) is 1. The molecule has 3 nitrogen and oxygen atoms in total. The first-order chi connectivity index (χ1) is 9.36. The minimum atomic E-state index is -4.32. The Morgan fingerprint density at radius 1 is 1.20 bits per heavy atom. The van der Waals surface area contributed by atoms with E-state index in [2.05, 4.69) is 15.3 Å². The highest BCUT2D eigenvalue weighted by molar-refractivity contribution is 6.28. The normalized spacial score (nSPS) is 11.4. The average Bonchev–Trinajstić information content (AvgIpc) is 2.39. The maximum atomic E-state index is 12.4. The van der Waals surface area contributed by atoms with Gasteiger partial charge < -0.3 is 5.32 Å². The molecule has 0 aliphatic heterocycles. The third kappa shape index (κ3) is 3.60. The molecule has 2 aromatic rings. The number of benzene rings is 1. The predicted molar refractivity (Wildman–Crippen MR) is 70.5 cm³/mol. The zero-order valence-corrected chi connectivity index (χ0v) is 11.3. The first-order valence-electron chi connectivity index (χ1n) is 5.75. The van der Waals surface area contributed by atoms with Crippen LogP contribution in [0.3, 0.4) is 0 Å². The standard InChI is InChI=1S/C13H11ClF3N3/c1-8-6-19-12(14)20-11(8)18-7-9-2-4-10(5-3-9)13(15,16)17/h2-6H,7H2,1H3,(H,18,19,20). The quantitative estimate of drug-likeness (QED) is 0.868. The van der Waals surface area contributed by atoms with Crippen molar-refractivity contribution in [3.8, 4) is 0 Å². The number of halogens is 4. The average molecular weight is 302 g/mol. The molecular weight excluding hydrogens is 291 g/mol. The number of nitrogens with one attached hydrogen (secondary N) is 1. The second kappa shape index (κ2) is 5.66. The van der Waals surface area contributed by atoms with Crippen LogP contribution in [0.15, 0.2) is 30.5 Å². The van der Waals surface area contributed by atoms with Gasteiger partial charge in [0, 0.05) is 18.3 Å². The number of anilines is 1. The van der Waals surface area contributed by atoms with Gasteiger partial charge >= 0.3 is 6.18 Å². The van der Waals surface area contributed by atoms with Gasteiger partial charge in [0.1, 0.15) is 5.82 Å². The first kappa shape index (κ1) is 14.6. The van der Waals surface area contributed by atoms with Crippen LogP contribution in [0.25, 0.3) is 0 Å². The molecule has 7 heteroatoms. The molecule has 1 aromatic carbocycles. The molecule has 0 saturated carbocycles. The number of aromatic nitrogens is 2. The van der Waals surface area contributed by atoms with Crippen LogP contribution in [0.2, 0.25) is 5.28 Å². The third-order valence-electron chi connectivity index (χ3n) is 2.68. The highest BCUT2D eigenvalue weighted by Crippen LogP contribution is 2.29. The van der Waals surface area contributed by atoms with Crippen LogP contribution in [0.5, 0.6) is 0 Å². The van der Waals surface area contributed by atoms with E-state index in [1.165, 1.54) is 12.1 Å². The van der Waals surface area contributed by atoms with Gasteiger partial charge in [-0.2, -0.15) is 13.2 Å². The summed E-state index contributed by atoms with van der Waals surface area (Å²) in [6.07, 6.45) is -2.74. The van der Waals surface area contributed by atoms with Crippen molar-refractivity contribution in [3.63, 3.8) is 0 Å². The van der Waals surface area contributed by atoms with E-state index in [4.69, 9.17) is 11.6 Å². The molecule has 1 N–H and O–H groups in total. The monoisotopic (exact) mass is 301 g/mol. The smallest absolute Gasteiger partial charge is 0.366 e. The Morgan fingerprint density at radius 2 is 1.85 bits per heavy atom. The molecule has 0 aliphatic carbocycles. The Hall–Kier alpha value is -1.82.